The van der Waals surface area contributed by atoms with Gasteiger partial charge in [-0.15, -0.1) is 0 Å². The maximum atomic E-state index is 13.5. The molecule has 6 nitrogen and oxygen atoms in total. The molecular formula is C16H21FN4O2. The second kappa shape index (κ2) is 7.06. The van der Waals surface area contributed by atoms with Crippen molar-refractivity contribution in [1.82, 2.24) is 20.4 Å². The van der Waals surface area contributed by atoms with Crippen LogP contribution in [0.1, 0.15) is 11.6 Å². The van der Waals surface area contributed by atoms with Crippen LogP contribution in [0.3, 0.4) is 0 Å². The second-order valence-electron chi connectivity index (χ2n) is 5.85. The highest BCUT2D eigenvalue weighted by Gasteiger charge is 2.30. The third kappa shape index (κ3) is 3.68. The average Bonchev–Trinajstić information content (AvgIpc) is 2.57. The van der Waals surface area contributed by atoms with Gasteiger partial charge < -0.3 is 20.4 Å². The molecule has 23 heavy (non-hydrogen) atoms. The smallest absolute Gasteiger partial charge is 0.242 e. The number of carbonyl (C=O) groups is 2. The van der Waals surface area contributed by atoms with E-state index in [1.165, 1.54) is 12.1 Å². The van der Waals surface area contributed by atoms with Gasteiger partial charge in [0, 0.05) is 32.7 Å². The highest BCUT2D eigenvalue weighted by atomic mass is 19.1. The largest absolute Gasteiger partial charge is 0.332 e. The lowest BCUT2D eigenvalue weighted by Gasteiger charge is -2.38. The maximum absolute atomic E-state index is 13.5. The van der Waals surface area contributed by atoms with Crippen LogP contribution in [0, 0.1) is 5.82 Å². The number of amides is 2. The van der Waals surface area contributed by atoms with Crippen molar-refractivity contribution in [2.24, 2.45) is 0 Å². The Morgan fingerprint density at radius 1 is 1.26 bits per heavy atom. The van der Waals surface area contributed by atoms with Crippen LogP contribution >= 0.6 is 0 Å². The fourth-order valence-electron chi connectivity index (χ4n) is 3.08. The predicted octanol–water partition coefficient (Wildman–Crippen LogP) is -0.270. The zero-order valence-corrected chi connectivity index (χ0v) is 12.9. The summed E-state index contributed by atoms with van der Waals surface area (Å²) < 4.78 is 13.5. The maximum Gasteiger partial charge on any atom is 0.242 e. The Kier molecular flexibility index (Phi) is 4.88. The Hall–Kier alpha value is -1.99. The molecule has 7 heteroatoms. The fraction of sp³-hybridized carbons (Fsp3) is 0.500. The van der Waals surface area contributed by atoms with E-state index in [1.807, 2.05) is 6.07 Å². The van der Waals surface area contributed by atoms with E-state index < -0.39 is 0 Å². The van der Waals surface area contributed by atoms with Gasteiger partial charge in [0.15, 0.2) is 0 Å². The SMILES string of the molecule is O=C1CNCCN1CC(=O)N1CCNCC1c1cccc(F)c1. The Morgan fingerprint density at radius 2 is 2.09 bits per heavy atom. The van der Waals surface area contributed by atoms with E-state index in [0.717, 1.165) is 5.56 Å². The van der Waals surface area contributed by atoms with Crippen LogP contribution in [0.2, 0.25) is 0 Å². The molecule has 0 radical (unpaired) electrons. The number of carbonyl (C=O) groups excluding carboxylic acids is 2. The van der Waals surface area contributed by atoms with E-state index in [9.17, 15) is 14.0 Å². The van der Waals surface area contributed by atoms with Crippen molar-refractivity contribution in [3.8, 4) is 0 Å². The number of hydrogen-bond acceptors (Lipinski definition) is 4. The van der Waals surface area contributed by atoms with Crippen molar-refractivity contribution < 1.29 is 14.0 Å². The molecule has 0 bridgehead atoms. The van der Waals surface area contributed by atoms with E-state index in [1.54, 1.807) is 15.9 Å². The zero-order valence-electron chi connectivity index (χ0n) is 12.9. The Labute approximate surface area is 134 Å². The van der Waals surface area contributed by atoms with Gasteiger partial charge in [0.2, 0.25) is 11.8 Å². The van der Waals surface area contributed by atoms with Gasteiger partial charge in [0.05, 0.1) is 19.1 Å². The third-order valence-corrected chi connectivity index (χ3v) is 4.31. The summed E-state index contributed by atoms with van der Waals surface area (Å²) in [6.45, 7) is 3.46. The molecule has 1 aromatic carbocycles. The molecule has 1 aromatic rings. The quantitative estimate of drug-likeness (QED) is 0.805. The third-order valence-electron chi connectivity index (χ3n) is 4.31. The van der Waals surface area contributed by atoms with Crippen molar-refractivity contribution in [2.75, 3.05) is 45.8 Å². The number of benzene rings is 1. The van der Waals surface area contributed by atoms with Crippen LogP contribution in [0.4, 0.5) is 4.39 Å². The molecule has 0 saturated carbocycles. The number of hydrogen-bond donors (Lipinski definition) is 2. The lowest BCUT2D eigenvalue weighted by molar-refractivity contribution is -0.143. The summed E-state index contributed by atoms with van der Waals surface area (Å²) in [6.07, 6.45) is 0. The molecule has 0 aliphatic carbocycles. The van der Waals surface area contributed by atoms with Gasteiger partial charge >= 0.3 is 0 Å². The van der Waals surface area contributed by atoms with Crippen molar-refractivity contribution in [2.45, 2.75) is 6.04 Å². The van der Waals surface area contributed by atoms with Gasteiger partial charge in [-0.3, -0.25) is 9.59 Å². The molecule has 2 heterocycles. The first-order valence-corrected chi connectivity index (χ1v) is 7.89. The number of piperazine rings is 2. The highest BCUT2D eigenvalue weighted by Crippen LogP contribution is 2.23. The van der Waals surface area contributed by atoms with E-state index in [0.29, 0.717) is 32.7 Å². The van der Waals surface area contributed by atoms with Gasteiger partial charge in [0.1, 0.15) is 5.82 Å². The molecule has 1 atom stereocenters. The molecule has 2 aliphatic heterocycles. The molecule has 2 fully saturated rings. The summed E-state index contributed by atoms with van der Waals surface area (Å²) in [6, 6.07) is 6.14. The molecular weight excluding hydrogens is 299 g/mol. The Balaban J connectivity index is 1.72. The minimum absolute atomic E-state index is 0.0537. The second-order valence-corrected chi connectivity index (χ2v) is 5.85. The molecule has 2 N–H and O–H groups in total. The molecule has 2 aliphatic rings. The molecule has 2 amide bonds. The molecule has 124 valence electrons. The van der Waals surface area contributed by atoms with Crippen LogP contribution in [0.25, 0.3) is 0 Å². The predicted molar refractivity (Wildman–Crippen MR) is 83.2 cm³/mol. The van der Waals surface area contributed by atoms with Gasteiger partial charge in [0.25, 0.3) is 0 Å². The average molecular weight is 320 g/mol. The van der Waals surface area contributed by atoms with Gasteiger partial charge in [-0.1, -0.05) is 12.1 Å². The van der Waals surface area contributed by atoms with Crippen molar-refractivity contribution in [1.29, 1.82) is 0 Å². The summed E-state index contributed by atoms with van der Waals surface area (Å²) in [5.41, 5.74) is 0.775. The van der Waals surface area contributed by atoms with Gasteiger partial charge in [-0.05, 0) is 17.7 Å². The summed E-state index contributed by atoms with van der Waals surface area (Å²) in [5, 5.41) is 6.23. The lowest BCUT2D eigenvalue weighted by atomic mass is 10.0. The summed E-state index contributed by atoms with van der Waals surface area (Å²) in [7, 11) is 0. The van der Waals surface area contributed by atoms with Crippen LogP contribution in [0.5, 0.6) is 0 Å². The number of halogens is 1. The van der Waals surface area contributed by atoms with Gasteiger partial charge in [-0.2, -0.15) is 0 Å². The van der Waals surface area contributed by atoms with Gasteiger partial charge in [-0.25, -0.2) is 4.39 Å². The number of nitrogens with one attached hydrogen (secondary N) is 2. The standard InChI is InChI=1S/C16H21FN4O2/c17-13-3-1-2-12(8-13)14-9-18-5-7-21(14)16(23)11-20-6-4-19-10-15(20)22/h1-3,8,14,18-19H,4-7,9-11H2. The van der Waals surface area contributed by atoms with Crippen molar-refractivity contribution in [3.63, 3.8) is 0 Å². The van der Waals surface area contributed by atoms with E-state index in [4.69, 9.17) is 0 Å². The fourth-order valence-corrected chi connectivity index (χ4v) is 3.08. The monoisotopic (exact) mass is 320 g/mol. The van der Waals surface area contributed by atoms with Crippen LogP contribution in [-0.4, -0.2) is 67.4 Å². The summed E-state index contributed by atoms with van der Waals surface area (Å²) in [4.78, 5) is 27.8. The Morgan fingerprint density at radius 3 is 2.87 bits per heavy atom. The molecule has 2 saturated heterocycles. The first-order valence-electron chi connectivity index (χ1n) is 7.89. The summed E-state index contributed by atoms with van der Waals surface area (Å²) in [5.74, 6) is -0.448. The summed E-state index contributed by atoms with van der Waals surface area (Å²) >= 11 is 0. The highest BCUT2D eigenvalue weighted by molar-refractivity contribution is 5.86. The minimum Gasteiger partial charge on any atom is -0.332 e. The normalized spacial score (nSPS) is 22.3. The minimum atomic E-state index is -0.308. The first kappa shape index (κ1) is 15.9. The number of rotatable bonds is 3. The molecule has 1 unspecified atom stereocenters. The molecule has 0 spiro atoms. The lowest BCUT2D eigenvalue weighted by Crippen LogP contribution is -2.55. The molecule has 0 aromatic heterocycles. The van der Waals surface area contributed by atoms with Crippen molar-refractivity contribution in [3.05, 3.63) is 35.6 Å². The Bertz CT molecular complexity index is 595. The van der Waals surface area contributed by atoms with Crippen molar-refractivity contribution >= 4 is 11.8 Å². The van der Waals surface area contributed by atoms with E-state index in [2.05, 4.69) is 10.6 Å². The zero-order chi connectivity index (χ0) is 16.2. The molecule has 3 rings (SSSR count). The first-order chi connectivity index (χ1) is 11.1. The van der Waals surface area contributed by atoms with E-state index in [-0.39, 0.29) is 36.8 Å². The van der Waals surface area contributed by atoms with Crippen LogP contribution < -0.4 is 10.6 Å². The van der Waals surface area contributed by atoms with E-state index >= 15 is 0 Å². The number of nitrogens with zero attached hydrogens (tertiary/aromatic N) is 2. The topological polar surface area (TPSA) is 64.7 Å². The van der Waals surface area contributed by atoms with Crippen LogP contribution in [-0.2, 0) is 9.59 Å². The van der Waals surface area contributed by atoms with Crippen LogP contribution in [0.15, 0.2) is 24.3 Å².